The molecule has 0 saturated heterocycles. The summed E-state index contributed by atoms with van der Waals surface area (Å²) < 4.78 is 15.7. The lowest BCUT2D eigenvalue weighted by Crippen LogP contribution is -2.44. The molecule has 0 bridgehead atoms. The summed E-state index contributed by atoms with van der Waals surface area (Å²) in [7, 11) is 0. The maximum absolute atomic E-state index is 12.9. The lowest BCUT2D eigenvalue weighted by molar-refractivity contribution is -0.152. The molecular formula is C22H22N2O6. The van der Waals surface area contributed by atoms with Crippen molar-refractivity contribution in [3.8, 4) is 11.5 Å². The SMILES string of the molecule is C[C@H](OC(=O)CNC(=O)c1ccc2c(c1)OCO2)C(=O)N1c2ccccc2C[C@H]1C. The van der Waals surface area contributed by atoms with Gasteiger partial charge in [0.15, 0.2) is 17.6 Å². The lowest BCUT2D eigenvalue weighted by Gasteiger charge is -2.26. The third kappa shape index (κ3) is 3.80. The van der Waals surface area contributed by atoms with Gasteiger partial charge in [0.1, 0.15) is 6.54 Å². The molecule has 0 unspecified atom stereocenters. The number of carbonyl (C=O) groups excluding carboxylic acids is 3. The van der Waals surface area contributed by atoms with Crippen molar-refractivity contribution in [3.63, 3.8) is 0 Å². The zero-order chi connectivity index (χ0) is 21.3. The summed E-state index contributed by atoms with van der Waals surface area (Å²) in [5.41, 5.74) is 2.26. The number of amides is 2. The highest BCUT2D eigenvalue weighted by Gasteiger charge is 2.34. The van der Waals surface area contributed by atoms with Gasteiger partial charge in [0.25, 0.3) is 11.8 Å². The van der Waals surface area contributed by atoms with E-state index in [0.29, 0.717) is 17.1 Å². The third-order valence-corrected chi connectivity index (χ3v) is 5.13. The number of para-hydroxylation sites is 1. The first-order valence-electron chi connectivity index (χ1n) is 9.72. The number of carbonyl (C=O) groups is 3. The standard InChI is InChI=1S/C22H22N2O6/c1-13-9-15-5-3-4-6-17(15)24(13)22(27)14(2)30-20(25)11-23-21(26)16-7-8-18-19(10-16)29-12-28-18/h3-8,10,13-14H,9,11-12H2,1-2H3,(H,23,26)/t13-,14+/m1/s1. The molecule has 2 aliphatic rings. The molecule has 8 heteroatoms. The number of fused-ring (bicyclic) bond motifs is 2. The van der Waals surface area contributed by atoms with Crippen molar-refractivity contribution in [1.29, 1.82) is 0 Å². The lowest BCUT2D eigenvalue weighted by atomic mass is 10.1. The van der Waals surface area contributed by atoms with Crippen LogP contribution in [-0.2, 0) is 20.7 Å². The first kappa shape index (κ1) is 19.8. The molecule has 0 aromatic heterocycles. The molecule has 0 radical (unpaired) electrons. The second-order valence-electron chi connectivity index (χ2n) is 7.27. The van der Waals surface area contributed by atoms with E-state index in [-0.39, 0.29) is 25.3 Å². The summed E-state index contributed by atoms with van der Waals surface area (Å²) in [6, 6.07) is 12.4. The van der Waals surface area contributed by atoms with E-state index in [2.05, 4.69) is 5.32 Å². The Morgan fingerprint density at radius 3 is 2.77 bits per heavy atom. The molecule has 0 saturated carbocycles. The van der Waals surface area contributed by atoms with Gasteiger partial charge in [-0.25, -0.2) is 0 Å². The number of esters is 1. The predicted molar refractivity (Wildman–Crippen MR) is 108 cm³/mol. The fourth-order valence-corrected chi connectivity index (χ4v) is 3.68. The molecule has 0 spiro atoms. The zero-order valence-corrected chi connectivity index (χ0v) is 16.7. The van der Waals surface area contributed by atoms with Gasteiger partial charge in [0.05, 0.1) is 0 Å². The van der Waals surface area contributed by atoms with Gasteiger partial charge in [-0.3, -0.25) is 14.4 Å². The highest BCUT2D eigenvalue weighted by atomic mass is 16.7. The number of nitrogens with zero attached hydrogens (tertiary/aromatic N) is 1. The predicted octanol–water partition coefficient (Wildman–Crippen LogP) is 2.05. The van der Waals surface area contributed by atoms with E-state index < -0.39 is 18.0 Å². The van der Waals surface area contributed by atoms with Gasteiger partial charge in [-0.05, 0) is 50.1 Å². The summed E-state index contributed by atoms with van der Waals surface area (Å²) in [4.78, 5) is 39.0. The molecule has 156 valence electrons. The molecule has 2 atom stereocenters. The van der Waals surface area contributed by atoms with Gasteiger partial charge >= 0.3 is 5.97 Å². The van der Waals surface area contributed by atoms with Crippen LogP contribution in [0.5, 0.6) is 11.5 Å². The Morgan fingerprint density at radius 2 is 1.93 bits per heavy atom. The average molecular weight is 410 g/mol. The smallest absolute Gasteiger partial charge is 0.326 e. The van der Waals surface area contributed by atoms with Crippen LogP contribution in [0.3, 0.4) is 0 Å². The number of anilines is 1. The minimum atomic E-state index is -0.964. The highest BCUT2D eigenvalue weighted by molar-refractivity contribution is 6.00. The minimum Gasteiger partial charge on any atom is -0.454 e. The van der Waals surface area contributed by atoms with Gasteiger partial charge in [-0.1, -0.05) is 18.2 Å². The summed E-state index contributed by atoms with van der Waals surface area (Å²) >= 11 is 0. The molecular weight excluding hydrogens is 388 g/mol. The number of hydrogen-bond donors (Lipinski definition) is 1. The molecule has 30 heavy (non-hydrogen) atoms. The topological polar surface area (TPSA) is 94.2 Å². The maximum atomic E-state index is 12.9. The van der Waals surface area contributed by atoms with Gasteiger partial charge in [-0.2, -0.15) is 0 Å². The first-order valence-corrected chi connectivity index (χ1v) is 9.72. The zero-order valence-electron chi connectivity index (χ0n) is 16.7. The fourth-order valence-electron chi connectivity index (χ4n) is 3.68. The molecule has 2 aliphatic heterocycles. The van der Waals surface area contributed by atoms with E-state index in [1.54, 1.807) is 23.1 Å². The van der Waals surface area contributed by atoms with Crippen LogP contribution in [0.15, 0.2) is 42.5 Å². The second kappa shape index (κ2) is 8.06. The van der Waals surface area contributed by atoms with Crippen LogP contribution in [0.1, 0.15) is 29.8 Å². The Kier molecular flexibility index (Phi) is 5.31. The van der Waals surface area contributed by atoms with Crippen LogP contribution < -0.4 is 19.7 Å². The van der Waals surface area contributed by atoms with E-state index in [1.807, 2.05) is 31.2 Å². The van der Waals surface area contributed by atoms with Crippen LogP contribution in [0, 0.1) is 0 Å². The van der Waals surface area contributed by atoms with E-state index in [0.717, 1.165) is 17.7 Å². The van der Waals surface area contributed by atoms with Crippen LogP contribution in [0.4, 0.5) is 5.69 Å². The third-order valence-electron chi connectivity index (χ3n) is 5.13. The molecule has 8 nitrogen and oxygen atoms in total. The van der Waals surface area contributed by atoms with E-state index in [9.17, 15) is 14.4 Å². The Morgan fingerprint density at radius 1 is 1.17 bits per heavy atom. The number of ether oxygens (including phenoxy) is 3. The molecule has 0 aliphatic carbocycles. The van der Waals surface area contributed by atoms with E-state index in [1.165, 1.54) is 6.92 Å². The van der Waals surface area contributed by atoms with Crippen molar-refractivity contribution < 1.29 is 28.6 Å². The summed E-state index contributed by atoms with van der Waals surface area (Å²) in [5.74, 6) is -0.389. The van der Waals surface area contributed by atoms with Gasteiger partial charge in [0, 0.05) is 17.3 Å². The second-order valence-corrected chi connectivity index (χ2v) is 7.27. The molecule has 2 aromatic rings. The maximum Gasteiger partial charge on any atom is 0.326 e. The Labute approximate surface area is 173 Å². The molecule has 4 rings (SSSR count). The quantitative estimate of drug-likeness (QED) is 0.759. The molecule has 1 N–H and O–H groups in total. The molecule has 2 aromatic carbocycles. The van der Waals surface area contributed by atoms with Crippen LogP contribution in [0.2, 0.25) is 0 Å². The van der Waals surface area contributed by atoms with Crippen LogP contribution >= 0.6 is 0 Å². The van der Waals surface area contributed by atoms with Crippen molar-refractivity contribution in [2.45, 2.75) is 32.4 Å². The Bertz CT molecular complexity index is 1000. The largest absolute Gasteiger partial charge is 0.454 e. The summed E-state index contributed by atoms with van der Waals surface area (Å²) in [5, 5.41) is 2.49. The summed E-state index contributed by atoms with van der Waals surface area (Å²) in [6.45, 7) is 3.25. The average Bonchev–Trinajstić information content (AvgIpc) is 3.33. The first-order chi connectivity index (χ1) is 14.4. The van der Waals surface area contributed by atoms with Gasteiger partial charge in [-0.15, -0.1) is 0 Å². The van der Waals surface area contributed by atoms with Crippen molar-refractivity contribution in [3.05, 3.63) is 53.6 Å². The molecule has 2 amide bonds. The van der Waals surface area contributed by atoms with Crippen molar-refractivity contribution >= 4 is 23.5 Å². The minimum absolute atomic E-state index is 0.0123. The van der Waals surface area contributed by atoms with Crippen molar-refractivity contribution in [2.75, 3.05) is 18.2 Å². The van der Waals surface area contributed by atoms with Gasteiger partial charge < -0.3 is 24.4 Å². The van der Waals surface area contributed by atoms with Crippen LogP contribution in [0.25, 0.3) is 0 Å². The highest BCUT2D eigenvalue weighted by Crippen LogP contribution is 2.33. The normalized spacial score (nSPS) is 17.3. The van der Waals surface area contributed by atoms with Gasteiger partial charge in [0.2, 0.25) is 6.79 Å². The number of hydrogen-bond acceptors (Lipinski definition) is 6. The van der Waals surface area contributed by atoms with E-state index in [4.69, 9.17) is 14.2 Å². The van der Waals surface area contributed by atoms with Crippen molar-refractivity contribution in [1.82, 2.24) is 5.32 Å². The van der Waals surface area contributed by atoms with Crippen molar-refractivity contribution in [2.24, 2.45) is 0 Å². The Hall–Kier alpha value is -3.55. The number of nitrogens with one attached hydrogen (secondary N) is 1. The summed E-state index contributed by atoms with van der Waals surface area (Å²) in [6.07, 6.45) is -0.206. The monoisotopic (exact) mass is 410 g/mol. The number of benzene rings is 2. The fraction of sp³-hybridized carbons (Fsp3) is 0.318. The van der Waals surface area contributed by atoms with E-state index >= 15 is 0 Å². The van der Waals surface area contributed by atoms with Crippen LogP contribution in [-0.4, -0.2) is 43.3 Å². The molecule has 2 heterocycles. The molecule has 0 fully saturated rings. The Balaban J connectivity index is 1.31. The number of rotatable bonds is 5.